The molecule has 0 radical (unpaired) electrons. The predicted octanol–water partition coefficient (Wildman–Crippen LogP) is 2.40. The molecule has 1 saturated heterocycles. The molecular formula is C18H28N2O4S. The molecule has 2 rings (SSSR count). The van der Waals surface area contributed by atoms with Crippen molar-refractivity contribution in [3.8, 4) is 5.75 Å². The Hall–Kier alpha value is -1.60. The molecule has 1 atom stereocenters. The number of nitrogens with zero attached hydrogens (tertiary/aromatic N) is 1. The number of benzene rings is 1. The Labute approximate surface area is 150 Å². The maximum absolute atomic E-state index is 12.9. The molecule has 1 N–H and O–H groups in total. The minimum absolute atomic E-state index is 0.0842. The van der Waals surface area contributed by atoms with Gasteiger partial charge in [-0.15, -0.1) is 0 Å². The Bertz CT molecular complexity index is 693. The van der Waals surface area contributed by atoms with Crippen LogP contribution < -0.4 is 10.1 Å². The van der Waals surface area contributed by atoms with Gasteiger partial charge in [0.1, 0.15) is 5.75 Å². The van der Waals surface area contributed by atoms with E-state index >= 15 is 0 Å². The molecule has 1 fully saturated rings. The molecule has 1 amide bonds. The molecule has 0 aliphatic carbocycles. The number of carbonyl (C=O) groups excluding carboxylic acids is 1. The summed E-state index contributed by atoms with van der Waals surface area (Å²) in [6.07, 6.45) is 1.38. The first-order valence-electron chi connectivity index (χ1n) is 8.68. The van der Waals surface area contributed by atoms with Crippen molar-refractivity contribution in [3.05, 3.63) is 24.3 Å². The zero-order valence-electron chi connectivity index (χ0n) is 15.4. The summed E-state index contributed by atoms with van der Waals surface area (Å²) >= 11 is 0. The van der Waals surface area contributed by atoms with E-state index in [0.29, 0.717) is 31.7 Å². The zero-order chi connectivity index (χ0) is 18.7. The third-order valence-corrected chi connectivity index (χ3v) is 5.90. The van der Waals surface area contributed by atoms with Crippen molar-refractivity contribution >= 4 is 15.9 Å². The van der Waals surface area contributed by atoms with Gasteiger partial charge in [-0.05, 0) is 64.8 Å². The summed E-state index contributed by atoms with van der Waals surface area (Å²) in [6.45, 7) is 8.82. The van der Waals surface area contributed by atoms with Gasteiger partial charge >= 0.3 is 0 Å². The number of nitrogens with one attached hydrogen (secondary N) is 1. The van der Waals surface area contributed by atoms with E-state index in [1.165, 1.54) is 4.31 Å². The molecule has 0 saturated carbocycles. The summed E-state index contributed by atoms with van der Waals surface area (Å²) in [4.78, 5) is 12.6. The number of rotatable bonds is 5. The lowest BCUT2D eigenvalue weighted by Gasteiger charge is -2.33. The van der Waals surface area contributed by atoms with Crippen LogP contribution >= 0.6 is 0 Å². The highest BCUT2D eigenvalue weighted by Gasteiger charge is 2.34. The van der Waals surface area contributed by atoms with Crippen LogP contribution in [0.3, 0.4) is 0 Å². The highest BCUT2D eigenvalue weighted by molar-refractivity contribution is 7.89. The summed E-state index contributed by atoms with van der Waals surface area (Å²) in [7, 11) is -3.61. The lowest BCUT2D eigenvalue weighted by molar-refractivity contribution is -0.127. The van der Waals surface area contributed by atoms with Crippen LogP contribution in [0.5, 0.6) is 5.75 Å². The van der Waals surface area contributed by atoms with Crippen LogP contribution in [0.25, 0.3) is 0 Å². The Kier molecular flexibility index (Phi) is 6.11. The van der Waals surface area contributed by atoms with Crippen LogP contribution in [0.4, 0.5) is 0 Å². The molecule has 0 unspecified atom stereocenters. The maximum Gasteiger partial charge on any atom is 0.243 e. The first-order chi connectivity index (χ1) is 11.6. The largest absolute Gasteiger partial charge is 0.494 e. The fourth-order valence-corrected chi connectivity index (χ4v) is 4.39. The van der Waals surface area contributed by atoms with E-state index in [1.807, 2.05) is 27.7 Å². The molecule has 1 aliphatic heterocycles. The van der Waals surface area contributed by atoms with Crippen molar-refractivity contribution in [1.29, 1.82) is 0 Å². The van der Waals surface area contributed by atoms with Crippen molar-refractivity contribution in [2.24, 2.45) is 5.92 Å². The Balaban J connectivity index is 2.12. The number of ether oxygens (including phenoxy) is 1. The Morgan fingerprint density at radius 2 is 1.92 bits per heavy atom. The van der Waals surface area contributed by atoms with Gasteiger partial charge in [0.05, 0.1) is 17.4 Å². The number of hydrogen-bond donors (Lipinski definition) is 1. The Morgan fingerprint density at radius 3 is 2.48 bits per heavy atom. The summed E-state index contributed by atoms with van der Waals surface area (Å²) in [5.74, 6) is 0.243. The SMILES string of the molecule is CCOc1ccc(S(=O)(=O)N2CCC[C@@H](C(=O)NC(C)(C)C)C2)cc1. The lowest BCUT2D eigenvalue weighted by Crippen LogP contribution is -2.49. The number of sulfonamides is 1. The van der Waals surface area contributed by atoms with Crippen LogP contribution in [0.1, 0.15) is 40.5 Å². The topological polar surface area (TPSA) is 75.7 Å². The zero-order valence-corrected chi connectivity index (χ0v) is 16.2. The van der Waals surface area contributed by atoms with E-state index in [1.54, 1.807) is 24.3 Å². The third-order valence-electron chi connectivity index (χ3n) is 4.03. The van der Waals surface area contributed by atoms with Crippen molar-refractivity contribution in [2.45, 2.75) is 51.0 Å². The molecule has 0 bridgehead atoms. The molecule has 0 spiro atoms. The minimum atomic E-state index is -3.61. The third kappa shape index (κ3) is 5.19. The molecule has 1 aliphatic rings. The van der Waals surface area contributed by atoms with Crippen molar-refractivity contribution in [2.75, 3.05) is 19.7 Å². The van der Waals surface area contributed by atoms with Gasteiger partial charge in [0, 0.05) is 18.6 Å². The van der Waals surface area contributed by atoms with E-state index < -0.39 is 10.0 Å². The molecule has 1 aromatic carbocycles. The minimum Gasteiger partial charge on any atom is -0.494 e. The van der Waals surface area contributed by atoms with Gasteiger partial charge in [-0.1, -0.05) is 0 Å². The van der Waals surface area contributed by atoms with Gasteiger partial charge in [-0.25, -0.2) is 8.42 Å². The highest BCUT2D eigenvalue weighted by atomic mass is 32.2. The van der Waals surface area contributed by atoms with Crippen LogP contribution in [-0.2, 0) is 14.8 Å². The van der Waals surface area contributed by atoms with Gasteiger partial charge in [0.25, 0.3) is 0 Å². The van der Waals surface area contributed by atoms with Gasteiger partial charge < -0.3 is 10.1 Å². The molecule has 0 aromatic heterocycles. The van der Waals surface area contributed by atoms with E-state index in [2.05, 4.69) is 5.32 Å². The molecule has 7 heteroatoms. The smallest absolute Gasteiger partial charge is 0.243 e. The standard InChI is InChI=1S/C18H28N2O4S/c1-5-24-15-8-10-16(11-9-15)25(22,23)20-12-6-7-14(13-20)17(21)19-18(2,3)4/h8-11,14H,5-7,12-13H2,1-4H3,(H,19,21)/t14-/m1/s1. The average Bonchev–Trinajstić information content (AvgIpc) is 2.54. The van der Waals surface area contributed by atoms with E-state index in [-0.39, 0.29) is 28.8 Å². The summed E-state index contributed by atoms with van der Waals surface area (Å²) in [5, 5.41) is 2.95. The van der Waals surface area contributed by atoms with E-state index in [4.69, 9.17) is 4.74 Å². The number of hydrogen-bond acceptors (Lipinski definition) is 4. The predicted molar refractivity (Wildman–Crippen MR) is 97.0 cm³/mol. The quantitative estimate of drug-likeness (QED) is 0.866. The van der Waals surface area contributed by atoms with Gasteiger partial charge in [-0.3, -0.25) is 4.79 Å². The molecule has 1 aromatic rings. The first kappa shape index (κ1) is 19.7. The van der Waals surface area contributed by atoms with Crippen molar-refractivity contribution < 1.29 is 17.9 Å². The normalized spacial score (nSPS) is 19.4. The van der Waals surface area contributed by atoms with E-state index in [0.717, 1.165) is 0 Å². The summed E-state index contributed by atoms with van der Waals surface area (Å²) in [6, 6.07) is 6.42. The molecule has 6 nitrogen and oxygen atoms in total. The molecule has 25 heavy (non-hydrogen) atoms. The van der Waals surface area contributed by atoms with Crippen LogP contribution in [-0.4, -0.2) is 43.9 Å². The monoisotopic (exact) mass is 368 g/mol. The number of amides is 1. The van der Waals surface area contributed by atoms with Crippen LogP contribution in [0.2, 0.25) is 0 Å². The second kappa shape index (κ2) is 7.74. The Morgan fingerprint density at radius 1 is 1.28 bits per heavy atom. The second-order valence-electron chi connectivity index (χ2n) is 7.35. The molecule has 140 valence electrons. The molecule has 1 heterocycles. The fourth-order valence-electron chi connectivity index (χ4n) is 2.87. The average molecular weight is 368 g/mol. The maximum atomic E-state index is 12.9. The van der Waals surface area contributed by atoms with Crippen LogP contribution in [0.15, 0.2) is 29.2 Å². The highest BCUT2D eigenvalue weighted by Crippen LogP contribution is 2.25. The van der Waals surface area contributed by atoms with Crippen LogP contribution in [0, 0.1) is 5.92 Å². The van der Waals surface area contributed by atoms with Crippen molar-refractivity contribution in [3.63, 3.8) is 0 Å². The van der Waals surface area contributed by atoms with Gasteiger partial charge in [0.15, 0.2) is 0 Å². The van der Waals surface area contributed by atoms with E-state index in [9.17, 15) is 13.2 Å². The summed E-state index contributed by atoms with van der Waals surface area (Å²) in [5.41, 5.74) is -0.326. The number of carbonyl (C=O) groups is 1. The van der Waals surface area contributed by atoms with Gasteiger partial charge in [-0.2, -0.15) is 4.31 Å². The second-order valence-corrected chi connectivity index (χ2v) is 9.28. The van der Waals surface area contributed by atoms with Crippen molar-refractivity contribution in [1.82, 2.24) is 9.62 Å². The fraction of sp³-hybridized carbons (Fsp3) is 0.611. The first-order valence-corrected chi connectivity index (χ1v) is 10.1. The van der Waals surface area contributed by atoms with Gasteiger partial charge in [0.2, 0.25) is 15.9 Å². The molecular weight excluding hydrogens is 340 g/mol. The lowest BCUT2D eigenvalue weighted by atomic mass is 9.97. The summed E-state index contributed by atoms with van der Waals surface area (Å²) < 4.78 is 32.5. The number of piperidine rings is 1.